The number of rotatable bonds is 0. The first-order valence-electron chi connectivity index (χ1n) is 4.86. The van der Waals surface area contributed by atoms with Gasteiger partial charge in [0.2, 0.25) is 0 Å². The van der Waals surface area contributed by atoms with Crippen LogP contribution >= 0.6 is 0 Å². The molecule has 0 aliphatic carbocycles. The Labute approximate surface area is 83.9 Å². The molecular formula is C12H15NO. The third-order valence-electron chi connectivity index (χ3n) is 3.28. The van der Waals surface area contributed by atoms with Gasteiger partial charge < -0.3 is 4.52 Å². The van der Waals surface area contributed by atoms with Crippen molar-refractivity contribution in [3.8, 4) is 0 Å². The summed E-state index contributed by atoms with van der Waals surface area (Å²) >= 11 is 0. The Hall–Kier alpha value is -1.31. The van der Waals surface area contributed by atoms with E-state index in [0.717, 1.165) is 11.3 Å². The molecule has 0 N–H and O–H groups in total. The van der Waals surface area contributed by atoms with Gasteiger partial charge >= 0.3 is 0 Å². The van der Waals surface area contributed by atoms with Crippen LogP contribution in [-0.2, 0) is 0 Å². The Bertz CT molecular complexity index is 509. The Balaban J connectivity index is 3.05. The Kier molecular flexibility index (Phi) is 1.88. The summed E-state index contributed by atoms with van der Waals surface area (Å²) in [7, 11) is 0. The van der Waals surface area contributed by atoms with E-state index in [9.17, 15) is 0 Å². The minimum atomic E-state index is 0.920. The highest BCUT2D eigenvalue weighted by Crippen LogP contribution is 2.30. The van der Waals surface area contributed by atoms with E-state index < -0.39 is 0 Å². The fourth-order valence-electron chi connectivity index (χ4n) is 2.00. The summed E-state index contributed by atoms with van der Waals surface area (Å²) in [5.74, 6) is 0.920. The standard InChI is InChI=1S/C12H15NO/c1-6-7(2)9(4)12-11(8(6)3)10(5)14-13-12/h1-5H3. The largest absolute Gasteiger partial charge is 0.360 e. The van der Waals surface area contributed by atoms with Crippen molar-refractivity contribution in [2.24, 2.45) is 0 Å². The van der Waals surface area contributed by atoms with Gasteiger partial charge in [-0.1, -0.05) is 5.16 Å². The third kappa shape index (κ3) is 0.999. The lowest BCUT2D eigenvalue weighted by Gasteiger charge is -2.09. The lowest BCUT2D eigenvalue weighted by atomic mass is 9.95. The maximum Gasteiger partial charge on any atom is 0.141 e. The second-order valence-electron chi connectivity index (χ2n) is 3.96. The molecule has 2 aromatic rings. The summed E-state index contributed by atoms with van der Waals surface area (Å²) < 4.78 is 5.24. The SMILES string of the molecule is Cc1c(C)c(C)c2c(C)onc2c1C. The lowest BCUT2D eigenvalue weighted by molar-refractivity contribution is 0.405. The van der Waals surface area contributed by atoms with E-state index in [1.54, 1.807) is 0 Å². The lowest BCUT2D eigenvalue weighted by Crippen LogP contribution is -1.93. The van der Waals surface area contributed by atoms with Gasteiger partial charge in [0.15, 0.2) is 0 Å². The van der Waals surface area contributed by atoms with Gasteiger partial charge in [0.05, 0.1) is 0 Å². The first-order valence-corrected chi connectivity index (χ1v) is 4.86. The van der Waals surface area contributed by atoms with Crippen LogP contribution in [0.2, 0.25) is 0 Å². The molecular weight excluding hydrogens is 174 g/mol. The van der Waals surface area contributed by atoms with E-state index >= 15 is 0 Å². The molecule has 2 rings (SSSR count). The molecule has 0 amide bonds. The van der Waals surface area contributed by atoms with Gasteiger partial charge in [0.1, 0.15) is 11.3 Å². The zero-order valence-corrected chi connectivity index (χ0v) is 9.36. The first-order chi connectivity index (χ1) is 6.54. The summed E-state index contributed by atoms with van der Waals surface area (Å²) in [4.78, 5) is 0. The minimum absolute atomic E-state index is 0.920. The molecule has 0 atom stereocenters. The number of aromatic nitrogens is 1. The molecule has 0 saturated carbocycles. The molecule has 74 valence electrons. The molecule has 14 heavy (non-hydrogen) atoms. The molecule has 0 aliphatic rings. The molecule has 0 saturated heterocycles. The van der Waals surface area contributed by atoms with Gasteiger partial charge in [-0.25, -0.2) is 0 Å². The second-order valence-corrected chi connectivity index (χ2v) is 3.96. The number of benzene rings is 1. The number of hydrogen-bond acceptors (Lipinski definition) is 2. The fraction of sp³-hybridized carbons (Fsp3) is 0.417. The van der Waals surface area contributed by atoms with Crippen LogP contribution in [0.4, 0.5) is 0 Å². The van der Waals surface area contributed by atoms with Gasteiger partial charge in [0, 0.05) is 5.39 Å². The zero-order valence-electron chi connectivity index (χ0n) is 9.36. The summed E-state index contributed by atoms with van der Waals surface area (Å²) in [5.41, 5.74) is 6.22. The molecule has 0 fully saturated rings. The van der Waals surface area contributed by atoms with Gasteiger partial charge in [-0.05, 0) is 56.9 Å². The van der Waals surface area contributed by atoms with Crippen LogP contribution in [0.1, 0.15) is 28.0 Å². The molecule has 0 aliphatic heterocycles. The smallest absolute Gasteiger partial charge is 0.141 e. The van der Waals surface area contributed by atoms with Crippen LogP contribution in [0.15, 0.2) is 4.52 Å². The predicted octanol–water partition coefficient (Wildman–Crippen LogP) is 3.37. The van der Waals surface area contributed by atoms with Crippen LogP contribution in [-0.4, -0.2) is 5.16 Å². The van der Waals surface area contributed by atoms with E-state index in [1.807, 2.05) is 6.92 Å². The summed E-state index contributed by atoms with van der Waals surface area (Å²) in [6.45, 7) is 10.5. The van der Waals surface area contributed by atoms with Crippen LogP contribution in [0, 0.1) is 34.6 Å². The Morgan fingerprint density at radius 3 is 2.00 bits per heavy atom. The van der Waals surface area contributed by atoms with Crippen LogP contribution < -0.4 is 0 Å². The maximum absolute atomic E-state index is 5.24. The molecule has 1 aromatic heterocycles. The quantitative estimate of drug-likeness (QED) is 0.635. The van der Waals surface area contributed by atoms with Crippen molar-refractivity contribution in [3.05, 3.63) is 28.0 Å². The number of hydrogen-bond donors (Lipinski definition) is 0. The molecule has 2 heteroatoms. The van der Waals surface area contributed by atoms with Crippen molar-refractivity contribution in [2.75, 3.05) is 0 Å². The highest BCUT2D eigenvalue weighted by Gasteiger charge is 2.14. The molecule has 1 aromatic carbocycles. The van der Waals surface area contributed by atoms with Crippen molar-refractivity contribution >= 4 is 10.9 Å². The first kappa shape index (κ1) is 9.25. The topological polar surface area (TPSA) is 26.0 Å². The van der Waals surface area contributed by atoms with E-state index in [2.05, 4.69) is 32.9 Å². The number of aryl methyl sites for hydroxylation is 3. The average molecular weight is 189 g/mol. The van der Waals surface area contributed by atoms with Crippen LogP contribution in [0.3, 0.4) is 0 Å². The van der Waals surface area contributed by atoms with Crippen LogP contribution in [0.25, 0.3) is 10.9 Å². The molecule has 1 heterocycles. The second kappa shape index (κ2) is 2.84. The van der Waals surface area contributed by atoms with E-state index in [-0.39, 0.29) is 0 Å². The van der Waals surface area contributed by atoms with E-state index in [1.165, 1.54) is 27.6 Å². The van der Waals surface area contributed by atoms with Gasteiger partial charge in [0.25, 0.3) is 0 Å². The van der Waals surface area contributed by atoms with E-state index in [0.29, 0.717) is 0 Å². The summed E-state index contributed by atoms with van der Waals surface area (Å²) in [6, 6.07) is 0. The fourth-order valence-corrected chi connectivity index (χ4v) is 2.00. The van der Waals surface area contributed by atoms with Crippen molar-refractivity contribution in [3.63, 3.8) is 0 Å². The Morgan fingerprint density at radius 1 is 0.786 bits per heavy atom. The summed E-state index contributed by atoms with van der Waals surface area (Å²) in [6.07, 6.45) is 0. The molecule has 0 unspecified atom stereocenters. The molecule has 0 spiro atoms. The van der Waals surface area contributed by atoms with Crippen LogP contribution in [0.5, 0.6) is 0 Å². The molecule has 0 bridgehead atoms. The van der Waals surface area contributed by atoms with Crippen molar-refractivity contribution < 1.29 is 4.52 Å². The van der Waals surface area contributed by atoms with Gasteiger partial charge in [-0.3, -0.25) is 0 Å². The summed E-state index contributed by atoms with van der Waals surface area (Å²) in [5, 5.41) is 5.29. The molecule has 2 nitrogen and oxygen atoms in total. The number of fused-ring (bicyclic) bond motifs is 1. The highest BCUT2D eigenvalue weighted by atomic mass is 16.5. The highest BCUT2D eigenvalue weighted by molar-refractivity contribution is 5.88. The average Bonchev–Trinajstić information content (AvgIpc) is 2.54. The molecule has 0 radical (unpaired) electrons. The monoisotopic (exact) mass is 189 g/mol. The van der Waals surface area contributed by atoms with E-state index in [4.69, 9.17) is 4.52 Å². The number of nitrogens with zero attached hydrogens (tertiary/aromatic N) is 1. The Morgan fingerprint density at radius 2 is 1.36 bits per heavy atom. The van der Waals surface area contributed by atoms with Crippen molar-refractivity contribution in [2.45, 2.75) is 34.6 Å². The minimum Gasteiger partial charge on any atom is -0.360 e. The van der Waals surface area contributed by atoms with Crippen molar-refractivity contribution in [1.82, 2.24) is 5.16 Å². The predicted molar refractivity (Wildman–Crippen MR) is 57.7 cm³/mol. The maximum atomic E-state index is 5.24. The zero-order chi connectivity index (χ0) is 10.5. The van der Waals surface area contributed by atoms with Gasteiger partial charge in [-0.2, -0.15) is 0 Å². The van der Waals surface area contributed by atoms with Crippen molar-refractivity contribution in [1.29, 1.82) is 0 Å². The normalized spacial score (nSPS) is 11.2. The third-order valence-corrected chi connectivity index (χ3v) is 3.28. The van der Waals surface area contributed by atoms with Gasteiger partial charge in [-0.15, -0.1) is 0 Å².